The van der Waals surface area contributed by atoms with Crippen molar-refractivity contribution >= 4 is 17.8 Å². The van der Waals surface area contributed by atoms with Crippen LogP contribution in [0.2, 0.25) is 0 Å². The first-order valence-electron chi connectivity index (χ1n) is 9.12. The average Bonchev–Trinajstić information content (AvgIpc) is 2.67. The lowest BCUT2D eigenvalue weighted by molar-refractivity contribution is -0.139. The van der Waals surface area contributed by atoms with Gasteiger partial charge in [-0.05, 0) is 35.7 Å². The summed E-state index contributed by atoms with van der Waals surface area (Å²) in [5, 5.41) is 0. The molecular formula is C22H26N2O5. The SMILES string of the molecule is COC(=O)Cc1ccc(OC)c(-c2ccc(C)cc2CN(CC(N)=O)C(C)=O)c1. The Morgan fingerprint density at radius 3 is 2.34 bits per heavy atom. The second kappa shape index (κ2) is 9.73. The minimum Gasteiger partial charge on any atom is -0.496 e. The summed E-state index contributed by atoms with van der Waals surface area (Å²) in [5.74, 6) is -0.530. The predicted molar refractivity (Wildman–Crippen MR) is 109 cm³/mol. The highest BCUT2D eigenvalue weighted by molar-refractivity contribution is 5.83. The third-order valence-corrected chi connectivity index (χ3v) is 4.54. The van der Waals surface area contributed by atoms with Crippen molar-refractivity contribution in [3.05, 3.63) is 53.1 Å². The van der Waals surface area contributed by atoms with Crippen LogP contribution in [0.1, 0.15) is 23.6 Å². The van der Waals surface area contributed by atoms with Gasteiger partial charge in [-0.15, -0.1) is 0 Å². The van der Waals surface area contributed by atoms with Crippen LogP contribution in [0.15, 0.2) is 36.4 Å². The van der Waals surface area contributed by atoms with Gasteiger partial charge in [0.2, 0.25) is 11.8 Å². The third kappa shape index (κ3) is 5.81. The molecule has 0 spiro atoms. The van der Waals surface area contributed by atoms with Crippen LogP contribution >= 0.6 is 0 Å². The highest BCUT2D eigenvalue weighted by atomic mass is 16.5. The zero-order valence-electron chi connectivity index (χ0n) is 17.2. The van der Waals surface area contributed by atoms with Crippen LogP contribution in [0.4, 0.5) is 0 Å². The van der Waals surface area contributed by atoms with E-state index in [4.69, 9.17) is 15.2 Å². The van der Waals surface area contributed by atoms with Crippen molar-refractivity contribution in [1.29, 1.82) is 0 Å². The van der Waals surface area contributed by atoms with Gasteiger partial charge in [0.05, 0.1) is 27.2 Å². The fourth-order valence-electron chi connectivity index (χ4n) is 3.10. The van der Waals surface area contributed by atoms with Crippen LogP contribution in [-0.4, -0.2) is 43.4 Å². The van der Waals surface area contributed by atoms with Crippen LogP contribution in [0.25, 0.3) is 11.1 Å². The smallest absolute Gasteiger partial charge is 0.309 e. The molecule has 0 unspecified atom stereocenters. The largest absolute Gasteiger partial charge is 0.496 e. The van der Waals surface area contributed by atoms with Crippen LogP contribution in [0, 0.1) is 6.92 Å². The van der Waals surface area contributed by atoms with Gasteiger partial charge < -0.3 is 20.1 Å². The molecule has 0 aliphatic heterocycles. The number of amides is 2. The molecule has 154 valence electrons. The summed E-state index contributed by atoms with van der Waals surface area (Å²) in [4.78, 5) is 36.4. The Bertz CT molecular complexity index is 923. The fraction of sp³-hybridized carbons (Fsp3) is 0.318. The third-order valence-electron chi connectivity index (χ3n) is 4.54. The molecule has 2 aromatic rings. The lowest BCUT2D eigenvalue weighted by Crippen LogP contribution is -2.36. The van der Waals surface area contributed by atoms with Gasteiger partial charge in [-0.3, -0.25) is 14.4 Å². The van der Waals surface area contributed by atoms with Gasteiger partial charge in [-0.2, -0.15) is 0 Å². The molecule has 2 rings (SSSR count). The van der Waals surface area contributed by atoms with Crippen LogP contribution < -0.4 is 10.5 Å². The van der Waals surface area contributed by atoms with Crippen molar-refractivity contribution in [1.82, 2.24) is 4.90 Å². The number of rotatable bonds is 8. The molecule has 2 N–H and O–H groups in total. The number of ether oxygens (including phenoxy) is 2. The van der Waals surface area contributed by atoms with E-state index in [-0.39, 0.29) is 31.4 Å². The molecule has 7 nitrogen and oxygen atoms in total. The summed E-state index contributed by atoms with van der Waals surface area (Å²) in [6, 6.07) is 11.3. The number of esters is 1. The monoisotopic (exact) mass is 398 g/mol. The molecule has 0 aliphatic rings. The van der Waals surface area contributed by atoms with Crippen LogP contribution in [0.3, 0.4) is 0 Å². The molecule has 29 heavy (non-hydrogen) atoms. The number of primary amides is 1. The number of carbonyl (C=O) groups is 3. The number of hydrogen-bond acceptors (Lipinski definition) is 5. The zero-order chi connectivity index (χ0) is 21.6. The summed E-state index contributed by atoms with van der Waals surface area (Å²) < 4.78 is 10.3. The van der Waals surface area contributed by atoms with E-state index in [9.17, 15) is 14.4 Å². The molecule has 0 fully saturated rings. The van der Waals surface area contributed by atoms with E-state index in [1.54, 1.807) is 13.2 Å². The first kappa shape index (κ1) is 21.9. The van der Waals surface area contributed by atoms with E-state index >= 15 is 0 Å². The van der Waals surface area contributed by atoms with Gasteiger partial charge >= 0.3 is 5.97 Å². The van der Waals surface area contributed by atoms with Gasteiger partial charge in [0.25, 0.3) is 0 Å². The van der Waals surface area contributed by atoms with E-state index in [0.29, 0.717) is 5.75 Å². The number of benzene rings is 2. The Kier molecular flexibility index (Phi) is 7.36. The van der Waals surface area contributed by atoms with Crippen molar-refractivity contribution in [3.63, 3.8) is 0 Å². The number of nitrogens with zero attached hydrogens (tertiary/aromatic N) is 1. The van der Waals surface area contributed by atoms with E-state index in [0.717, 1.165) is 27.8 Å². The highest BCUT2D eigenvalue weighted by Crippen LogP contribution is 2.34. The van der Waals surface area contributed by atoms with Crippen molar-refractivity contribution < 1.29 is 23.9 Å². The maximum atomic E-state index is 12.0. The van der Waals surface area contributed by atoms with Crippen LogP contribution in [-0.2, 0) is 32.1 Å². The minimum atomic E-state index is -0.577. The Hall–Kier alpha value is -3.35. The van der Waals surface area contributed by atoms with E-state index < -0.39 is 5.91 Å². The molecule has 0 bridgehead atoms. The first-order valence-corrected chi connectivity index (χ1v) is 9.12. The zero-order valence-corrected chi connectivity index (χ0v) is 17.2. The van der Waals surface area contributed by atoms with Crippen molar-refractivity contribution in [2.45, 2.75) is 26.8 Å². The summed E-state index contributed by atoms with van der Waals surface area (Å²) in [5.41, 5.74) is 9.55. The summed E-state index contributed by atoms with van der Waals surface area (Å²) in [6.45, 7) is 3.41. The van der Waals surface area contributed by atoms with Crippen molar-refractivity contribution in [2.75, 3.05) is 20.8 Å². The van der Waals surface area contributed by atoms with Gasteiger partial charge in [0, 0.05) is 19.0 Å². The molecule has 2 aromatic carbocycles. The molecule has 7 heteroatoms. The normalized spacial score (nSPS) is 10.3. The van der Waals surface area contributed by atoms with Crippen LogP contribution in [0.5, 0.6) is 5.75 Å². The van der Waals surface area contributed by atoms with Gasteiger partial charge in [0.1, 0.15) is 5.75 Å². The molecule has 0 heterocycles. The minimum absolute atomic E-state index is 0.135. The lowest BCUT2D eigenvalue weighted by atomic mass is 9.94. The Labute approximate surface area is 170 Å². The molecule has 0 aliphatic carbocycles. The molecule has 0 saturated heterocycles. The quantitative estimate of drug-likeness (QED) is 0.688. The molecule has 0 radical (unpaired) electrons. The topological polar surface area (TPSA) is 98.9 Å². The molecule has 0 saturated carbocycles. The Morgan fingerprint density at radius 1 is 1.03 bits per heavy atom. The fourth-order valence-corrected chi connectivity index (χ4v) is 3.10. The van der Waals surface area contributed by atoms with Gasteiger partial charge in [-0.1, -0.05) is 29.8 Å². The molecular weight excluding hydrogens is 372 g/mol. The highest BCUT2D eigenvalue weighted by Gasteiger charge is 2.18. The second-order valence-corrected chi connectivity index (χ2v) is 6.79. The maximum absolute atomic E-state index is 12.0. The van der Waals surface area contributed by atoms with Gasteiger partial charge in [0.15, 0.2) is 0 Å². The number of methoxy groups -OCH3 is 2. The molecule has 0 aromatic heterocycles. The Balaban J connectivity index is 2.54. The Morgan fingerprint density at radius 2 is 1.76 bits per heavy atom. The summed E-state index contributed by atoms with van der Waals surface area (Å²) in [6.07, 6.45) is 0.135. The number of aryl methyl sites for hydroxylation is 1. The molecule has 2 amide bonds. The lowest BCUT2D eigenvalue weighted by Gasteiger charge is -2.22. The standard InChI is InChI=1S/C22H26N2O5/c1-14-5-7-18(17(9-14)12-24(15(2)25)13-21(23)26)19-10-16(11-22(27)29-4)6-8-20(19)28-3/h5-10H,11-13H2,1-4H3,(H2,23,26). The van der Waals surface area contributed by atoms with Crippen molar-refractivity contribution in [3.8, 4) is 16.9 Å². The van der Waals surface area contributed by atoms with Gasteiger partial charge in [-0.25, -0.2) is 0 Å². The second-order valence-electron chi connectivity index (χ2n) is 6.79. The summed E-state index contributed by atoms with van der Waals surface area (Å²) >= 11 is 0. The summed E-state index contributed by atoms with van der Waals surface area (Å²) in [7, 11) is 2.92. The number of carbonyl (C=O) groups excluding carboxylic acids is 3. The van der Waals surface area contributed by atoms with E-state index in [1.165, 1.54) is 18.9 Å². The maximum Gasteiger partial charge on any atom is 0.309 e. The van der Waals surface area contributed by atoms with E-state index in [1.807, 2.05) is 37.3 Å². The first-order chi connectivity index (χ1) is 13.7. The predicted octanol–water partition coefficient (Wildman–Crippen LogP) is 2.22. The number of hydrogen-bond donors (Lipinski definition) is 1. The van der Waals surface area contributed by atoms with E-state index in [2.05, 4.69) is 0 Å². The van der Waals surface area contributed by atoms with Crippen molar-refractivity contribution in [2.24, 2.45) is 5.73 Å². The number of nitrogens with two attached hydrogens (primary N) is 1. The molecule has 0 atom stereocenters. The average molecular weight is 398 g/mol.